The summed E-state index contributed by atoms with van der Waals surface area (Å²) in [5.74, 6) is 0.724. The Morgan fingerprint density at radius 3 is 2.76 bits per heavy atom. The van der Waals surface area contributed by atoms with Crippen LogP contribution in [0.4, 0.5) is 0 Å². The van der Waals surface area contributed by atoms with Gasteiger partial charge in [0.25, 0.3) is 0 Å². The van der Waals surface area contributed by atoms with Crippen LogP contribution in [0.25, 0.3) is 0 Å². The van der Waals surface area contributed by atoms with Crippen LogP contribution in [0.1, 0.15) is 39.0 Å². The largest absolute Gasteiger partial charge is 0.379 e. The van der Waals surface area contributed by atoms with Gasteiger partial charge in [0.2, 0.25) is 5.91 Å². The van der Waals surface area contributed by atoms with E-state index in [1.54, 1.807) is 0 Å². The van der Waals surface area contributed by atoms with Crippen molar-refractivity contribution in [2.24, 2.45) is 4.99 Å². The normalized spacial score (nSPS) is 23.4. The van der Waals surface area contributed by atoms with E-state index in [0.717, 1.165) is 32.4 Å². The number of rotatable bonds is 11. The lowest BCUT2D eigenvalue weighted by molar-refractivity contribution is -0.121. The Kier molecular flexibility index (Phi) is 13.1. The molecule has 2 aliphatic heterocycles. The fourth-order valence-corrected chi connectivity index (χ4v) is 4.87. The highest BCUT2D eigenvalue weighted by molar-refractivity contribution is 14.0. The lowest BCUT2D eigenvalue weighted by Gasteiger charge is -2.13. The molecule has 170 valence electrons. The van der Waals surface area contributed by atoms with Crippen LogP contribution < -0.4 is 16.0 Å². The topological polar surface area (TPSA) is 118 Å². The molecule has 0 aromatic rings. The lowest BCUT2D eigenvalue weighted by atomic mass is 10.2. The molecule has 11 heteroatoms. The Morgan fingerprint density at radius 1 is 1.28 bits per heavy atom. The second kappa shape index (κ2) is 14.4. The molecule has 0 saturated carbocycles. The van der Waals surface area contributed by atoms with Crippen LogP contribution in [0.15, 0.2) is 4.99 Å². The van der Waals surface area contributed by atoms with Crippen LogP contribution in [0, 0.1) is 0 Å². The van der Waals surface area contributed by atoms with Gasteiger partial charge in [-0.25, -0.2) is 8.42 Å². The number of nitrogens with zero attached hydrogens (tertiary/aromatic N) is 1. The van der Waals surface area contributed by atoms with Gasteiger partial charge >= 0.3 is 0 Å². The number of halogens is 1. The zero-order valence-electron chi connectivity index (χ0n) is 17.2. The summed E-state index contributed by atoms with van der Waals surface area (Å²) in [4.78, 5) is 16.4. The Balaban J connectivity index is 0.00000420. The van der Waals surface area contributed by atoms with Gasteiger partial charge in [0.15, 0.2) is 15.8 Å². The Morgan fingerprint density at radius 2 is 2.10 bits per heavy atom. The van der Waals surface area contributed by atoms with Crippen molar-refractivity contribution in [1.29, 1.82) is 0 Å². The minimum atomic E-state index is -2.98. The molecule has 0 aromatic heterocycles. The molecular formula is C18H35IN4O5S. The standard InChI is InChI=1S/C18H34N4O5S.HI/c1-2-19-18(20-8-4-10-26-13-16-5-3-11-27-16)21-9-6-17(23)22-15-7-12-28(24,25)14-15;/h15-16H,2-14H2,1H3,(H,22,23)(H2,19,20,21);1H. The van der Waals surface area contributed by atoms with E-state index < -0.39 is 9.84 Å². The molecule has 0 aromatic carbocycles. The van der Waals surface area contributed by atoms with E-state index in [1.165, 1.54) is 0 Å². The Bertz CT molecular complexity index is 611. The summed E-state index contributed by atoms with van der Waals surface area (Å²) in [5.41, 5.74) is 0. The average molecular weight is 546 g/mol. The van der Waals surface area contributed by atoms with Crippen LogP contribution in [0.5, 0.6) is 0 Å². The van der Waals surface area contributed by atoms with Gasteiger partial charge in [0, 0.05) is 45.3 Å². The van der Waals surface area contributed by atoms with Gasteiger partial charge in [-0.15, -0.1) is 24.0 Å². The van der Waals surface area contributed by atoms with Crippen LogP contribution in [0.3, 0.4) is 0 Å². The molecule has 0 spiro atoms. The summed E-state index contributed by atoms with van der Waals surface area (Å²) >= 11 is 0. The predicted molar refractivity (Wildman–Crippen MR) is 124 cm³/mol. The van der Waals surface area contributed by atoms with Gasteiger partial charge in [-0.3, -0.25) is 9.79 Å². The van der Waals surface area contributed by atoms with E-state index in [4.69, 9.17) is 9.47 Å². The molecule has 2 heterocycles. The van der Waals surface area contributed by atoms with Gasteiger partial charge in [0.05, 0.1) is 24.2 Å². The number of sulfone groups is 1. The maximum atomic E-state index is 12.0. The van der Waals surface area contributed by atoms with Gasteiger partial charge in [0.1, 0.15) is 0 Å². The first-order valence-corrected chi connectivity index (χ1v) is 12.0. The second-order valence-electron chi connectivity index (χ2n) is 7.17. The van der Waals surface area contributed by atoms with Crippen molar-refractivity contribution in [2.45, 2.75) is 51.2 Å². The molecule has 2 unspecified atom stereocenters. The number of carbonyl (C=O) groups excluding carboxylic acids is 1. The number of carbonyl (C=O) groups is 1. The molecule has 2 atom stereocenters. The van der Waals surface area contributed by atoms with Crippen molar-refractivity contribution in [2.75, 3.05) is 51.0 Å². The van der Waals surface area contributed by atoms with Crippen molar-refractivity contribution in [3.8, 4) is 0 Å². The fourth-order valence-electron chi connectivity index (χ4n) is 3.19. The van der Waals surface area contributed by atoms with E-state index in [2.05, 4.69) is 20.9 Å². The number of aliphatic imine (C=N–C) groups is 1. The van der Waals surface area contributed by atoms with Gasteiger partial charge in [-0.05, 0) is 32.6 Å². The summed E-state index contributed by atoms with van der Waals surface area (Å²) in [6.45, 7) is 5.92. The SMILES string of the molecule is CCNC(=NCCCOCC1CCCO1)NCCC(=O)NC1CCS(=O)(=O)C1.I. The third-order valence-electron chi connectivity index (χ3n) is 4.63. The van der Waals surface area contributed by atoms with Crippen molar-refractivity contribution in [3.63, 3.8) is 0 Å². The van der Waals surface area contributed by atoms with Crippen LogP contribution in [0.2, 0.25) is 0 Å². The van der Waals surface area contributed by atoms with Gasteiger partial charge in [-0.1, -0.05) is 0 Å². The van der Waals surface area contributed by atoms with Crippen molar-refractivity contribution in [3.05, 3.63) is 0 Å². The molecular weight excluding hydrogens is 511 g/mol. The van der Waals surface area contributed by atoms with E-state index in [1.807, 2.05) is 6.92 Å². The third kappa shape index (κ3) is 11.3. The van der Waals surface area contributed by atoms with E-state index in [9.17, 15) is 13.2 Å². The lowest BCUT2D eigenvalue weighted by Crippen LogP contribution is -2.41. The molecule has 2 saturated heterocycles. The van der Waals surface area contributed by atoms with E-state index in [0.29, 0.717) is 38.7 Å². The molecule has 29 heavy (non-hydrogen) atoms. The first-order valence-electron chi connectivity index (χ1n) is 10.2. The van der Waals surface area contributed by atoms with Crippen molar-refractivity contribution < 1.29 is 22.7 Å². The molecule has 1 amide bonds. The highest BCUT2D eigenvalue weighted by Crippen LogP contribution is 2.12. The van der Waals surface area contributed by atoms with Gasteiger partial charge < -0.3 is 25.4 Å². The van der Waals surface area contributed by atoms with Crippen LogP contribution >= 0.6 is 24.0 Å². The molecule has 9 nitrogen and oxygen atoms in total. The zero-order valence-corrected chi connectivity index (χ0v) is 20.3. The first kappa shape index (κ1) is 26.4. The highest BCUT2D eigenvalue weighted by Gasteiger charge is 2.28. The molecule has 3 N–H and O–H groups in total. The molecule has 0 aliphatic carbocycles. The van der Waals surface area contributed by atoms with Crippen LogP contribution in [-0.4, -0.2) is 83.4 Å². The second-order valence-corrected chi connectivity index (χ2v) is 9.40. The molecule has 0 radical (unpaired) electrons. The number of nitrogens with one attached hydrogen (secondary N) is 3. The zero-order chi connectivity index (χ0) is 20.2. The van der Waals surface area contributed by atoms with E-state index in [-0.39, 0.29) is 60.0 Å². The Labute approximate surface area is 191 Å². The minimum Gasteiger partial charge on any atom is -0.379 e. The fraction of sp³-hybridized carbons (Fsp3) is 0.889. The van der Waals surface area contributed by atoms with Crippen molar-refractivity contribution in [1.82, 2.24) is 16.0 Å². The number of amides is 1. The average Bonchev–Trinajstić information content (AvgIpc) is 3.27. The maximum absolute atomic E-state index is 12.0. The number of guanidine groups is 1. The number of hydrogen-bond acceptors (Lipinski definition) is 6. The van der Waals surface area contributed by atoms with E-state index >= 15 is 0 Å². The van der Waals surface area contributed by atoms with Crippen molar-refractivity contribution >= 4 is 45.7 Å². The minimum absolute atomic E-state index is 0. The Hall–Kier alpha value is -0.660. The summed E-state index contributed by atoms with van der Waals surface area (Å²) in [5, 5.41) is 9.05. The first-order chi connectivity index (χ1) is 13.5. The summed E-state index contributed by atoms with van der Waals surface area (Å²) < 4.78 is 34.0. The van der Waals surface area contributed by atoms with Crippen LogP contribution in [-0.2, 0) is 24.1 Å². The third-order valence-corrected chi connectivity index (χ3v) is 6.40. The smallest absolute Gasteiger partial charge is 0.222 e. The maximum Gasteiger partial charge on any atom is 0.222 e. The summed E-state index contributed by atoms with van der Waals surface area (Å²) in [7, 11) is -2.98. The predicted octanol–water partition coefficient (Wildman–Crippen LogP) is 0.439. The summed E-state index contributed by atoms with van der Waals surface area (Å²) in [6, 6.07) is -0.256. The highest BCUT2D eigenvalue weighted by atomic mass is 127. The quantitative estimate of drug-likeness (QED) is 0.149. The molecule has 0 bridgehead atoms. The molecule has 2 fully saturated rings. The van der Waals surface area contributed by atoms with Gasteiger partial charge in [-0.2, -0.15) is 0 Å². The number of hydrogen-bond donors (Lipinski definition) is 3. The molecule has 2 aliphatic rings. The number of ether oxygens (including phenoxy) is 2. The monoisotopic (exact) mass is 546 g/mol. The molecule has 2 rings (SSSR count). The summed E-state index contributed by atoms with van der Waals surface area (Å²) in [6.07, 6.45) is 4.04.